The Morgan fingerprint density at radius 1 is 1.42 bits per heavy atom. The highest BCUT2D eigenvalue weighted by Gasteiger charge is 2.40. The highest BCUT2D eigenvalue weighted by Crippen LogP contribution is 2.39. The molecule has 0 bridgehead atoms. The number of nitrogens with zero attached hydrogens (tertiary/aromatic N) is 2. The van der Waals surface area contributed by atoms with Gasteiger partial charge in [0.15, 0.2) is 5.69 Å². The van der Waals surface area contributed by atoms with Gasteiger partial charge in [-0.25, -0.2) is 9.97 Å². The fourth-order valence-corrected chi connectivity index (χ4v) is 2.94. The second-order valence-electron chi connectivity index (χ2n) is 6.21. The average Bonchev–Trinajstić information content (AvgIpc) is 3.39. The molecule has 7 heteroatoms. The SMILES string of the molecule is C[C@@](O)(CNC(=O)c1ncc(Br)nc1-c1ccc(Cl)cc1)C1CC1. The van der Waals surface area contributed by atoms with E-state index >= 15 is 0 Å². The Morgan fingerprint density at radius 2 is 2.08 bits per heavy atom. The van der Waals surface area contributed by atoms with Crippen LogP contribution in [-0.2, 0) is 0 Å². The minimum atomic E-state index is -0.890. The fourth-order valence-electron chi connectivity index (χ4n) is 2.54. The minimum absolute atomic E-state index is 0.189. The number of carbonyl (C=O) groups is 1. The van der Waals surface area contributed by atoms with Crippen LogP contribution in [0.3, 0.4) is 0 Å². The van der Waals surface area contributed by atoms with Gasteiger partial charge < -0.3 is 10.4 Å². The molecule has 126 valence electrons. The molecule has 2 N–H and O–H groups in total. The molecule has 0 radical (unpaired) electrons. The maximum absolute atomic E-state index is 12.5. The van der Waals surface area contributed by atoms with Crippen LogP contribution in [0.5, 0.6) is 0 Å². The van der Waals surface area contributed by atoms with Gasteiger partial charge in [0, 0.05) is 17.1 Å². The number of nitrogens with one attached hydrogen (secondary N) is 1. The number of halogens is 2. The van der Waals surface area contributed by atoms with E-state index in [1.165, 1.54) is 6.20 Å². The van der Waals surface area contributed by atoms with Crippen LogP contribution in [0.1, 0.15) is 30.3 Å². The summed E-state index contributed by atoms with van der Waals surface area (Å²) in [6.07, 6.45) is 3.47. The number of aromatic nitrogens is 2. The van der Waals surface area contributed by atoms with Crippen LogP contribution in [0, 0.1) is 5.92 Å². The lowest BCUT2D eigenvalue weighted by molar-refractivity contribution is 0.0353. The molecule has 0 aliphatic heterocycles. The van der Waals surface area contributed by atoms with Gasteiger partial charge in [-0.1, -0.05) is 23.7 Å². The van der Waals surface area contributed by atoms with E-state index in [-0.39, 0.29) is 24.1 Å². The van der Waals surface area contributed by atoms with E-state index < -0.39 is 5.60 Å². The molecule has 0 unspecified atom stereocenters. The first-order valence-electron chi connectivity index (χ1n) is 7.66. The molecule has 1 aromatic carbocycles. The number of rotatable bonds is 5. The number of hydrogen-bond acceptors (Lipinski definition) is 4. The first-order valence-corrected chi connectivity index (χ1v) is 8.83. The smallest absolute Gasteiger partial charge is 0.272 e. The van der Waals surface area contributed by atoms with Crippen LogP contribution in [0.25, 0.3) is 11.3 Å². The lowest BCUT2D eigenvalue weighted by Crippen LogP contribution is -2.42. The quantitative estimate of drug-likeness (QED) is 0.791. The summed E-state index contributed by atoms with van der Waals surface area (Å²) in [5.74, 6) is -0.106. The molecule has 1 aliphatic rings. The normalized spacial score (nSPS) is 16.5. The molecule has 2 aromatic rings. The van der Waals surface area contributed by atoms with E-state index in [0.29, 0.717) is 15.3 Å². The monoisotopic (exact) mass is 409 g/mol. The largest absolute Gasteiger partial charge is 0.388 e. The Balaban J connectivity index is 1.84. The second-order valence-corrected chi connectivity index (χ2v) is 7.46. The second kappa shape index (κ2) is 6.78. The first-order chi connectivity index (χ1) is 11.4. The van der Waals surface area contributed by atoms with Crippen molar-refractivity contribution < 1.29 is 9.90 Å². The van der Waals surface area contributed by atoms with Crippen molar-refractivity contribution in [3.8, 4) is 11.3 Å². The van der Waals surface area contributed by atoms with Crippen molar-refractivity contribution in [3.05, 3.63) is 45.8 Å². The predicted molar refractivity (Wildman–Crippen MR) is 95.9 cm³/mol. The average molecular weight is 411 g/mol. The van der Waals surface area contributed by atoms with Gasteiger partial charge in [-0.05, 0) is 53.7 Å². The summed E-state index contributed by atoms with van der Waals surface area (Å²) in [6, 6.07) is 7.05. The van der Waals surface area contributed by atoms with Crippen LogP contribution < -0.4 is 5.32 Å². The van der Waals surface area contributed by atoms with Gasteiger partial charge in [-0.2, -0.15) is 0 Å². The lowest BCUT2D eigenvalue weighted by Gasteiger charge is -2.23. The fraction of sp³-hybridized carbons (Fsp3) is 0.353. The van der Waals surface area contributed by atoms with Crippen molar-refractivity contribution in [1.29, 1.82) is 0 Å². The van der Waals surface area contributed by atoms with Crippen LogP contribution in [-0.4, -0.2) is 33.1 Å². The first kappa shape index (κ1) is 17.3. The molecule has 24 heavy (non-hydrogen) atoms. The summed E-state index contributed by atoms with van der Waals surface area (Å²) in [6.45, 7) is 1.94. The zero-order chi connectivity index (χ0) is 17.3. The zero-order valence-electron chi connectivity index (χ0n) is 13.1. The molecule has 3 rings (SSSR count). The molecule has 1 amide bonds. The maximum atomic E-state index is 12.5. The number of aliphatic hydroxyl groups is 1. The third-order valence-corrected chi connectivity index (χ3v) is 4.77. The maximum Gasteiger partial charge on any atom is 0.272 e. The Bertz CT molecular complexity index is 761. The highest BCUT2D eigenvalue weighted by molar-refractivity contribution is 9.10. The summed E-state index contributed by atoms with van der Waals surface area (Å²) >= 11 is 9.20. The lowest BCUT2D eigenvalue weighted by atomic mass is 10.0. The molecule has 0 saturated heterocycles. The molecule has 5 nitrogen and oxygen atoms in total. The van der Waals surface area contributed by atoms with E-state index in [1.54, 1.807) is 31.2 Å². The number of hydrogen-bond donors (Lipinski definition) is 2. The molecule has 1 aliphatic carbocycles. The predicted octanol–water partition coefficient (Wildman–Crippen LogP) is 3.45. The molecular formula is C17H17BrClN3O2. The van der Waals surface area contributed by atoms with Gasteiger partial charge in [-0.15, -0.1) is 0 Å². The third-order valence-electron chi connectivity index (χ3n) is 4.14. The molecule has 1 saturated carbocycles. The van der Waals surface area contributed by atoms with Crippen LogP contribution >= 0.6 is 27.5 Å². The minimum Gasteiger partial charge on any atom is -0.388 e. The van der Waals surface area contributed by atoms with Gasteiger partial charge in [0.1, 0.15) is 10.3 Å². The topological polar surface area (TPSA) is 75.1 Å². The summed E-state index contributed by atoms with van der Waals surface area (Å²) < 4.78 is 0.536. The van der Waals surface area contributed by atoms with Gasteiger partial charge in [-0.3, -0.25) is 4.79 Å². The van der Waals surface area contributed by atoms with Crippen molar-refractivity contribution in [2.75, 3.05) is 6.54 Å². The molecule has 1 atom stereocenters. The summed E-state index contributed by atoms with van der Waals surface area (Å²) in [4.78, 5) is 21.1. The van der Waals surface area contributed by atoms with E-state index in [9.17, 15) is 9.90 Å². The third kappa shape index (κ3) is 3.94. The van der Waals surface area contributed by atoms with Gasteiger partial charge in [0.2, 0.25) is 0 Å². The van der Waals surface area contributed by atoms with E-state index in [1.807, 2.05) is 0 Å². The molecule has 1 aromatic heterocycles. The van der Waals surface area contributed by atoms with Crippen molar-refractivity contribution in [2.24, 2.45) is 5.92 Å². The Labute approximate surface area is 153 Å². The Morgan fingerprint density at radius 3 is 2.71 bits per heavy atom. The van der Waals surface area contributed by atoms with Crippen molar-refractivity contribution in [1.82, 2.24) is 15.3 Å². The van der Waals surface area contributed by atoms with Crippen molar-refractivity contribution >= 4 is 33.4 Å². The number of carbonyl (C=O) groups excluding carboxylic acids is 1. The molecule has 0 spiro atoms. The molecule has 1 heterocycles. The van der Waals surface area contributed by atoms with Crippen LogP contribution in [0.15, 0.2) is 35.1 Å². The van der Waals surface area contributed by atoms with Crippen molar-refractivity contribution in [2.45, 2.75) is 25.4 Å². The molecule has 1 fully saturated rings. The Kier molecular flexibility index (Phi) is 4.90. The summed E-state index contributed by atoms with van der Waals surface area (Å²) in [5.41, 5.74) is 0.530. The van der Waals surface area contributed by atoms with Gasteiger partial charge in [0.05, 0.1) is 11.8 Å². The molecular weight excluding hydrogens is 394 g/mol. The van der Waals surface area contributed by atoms with Gasteiger partial charge in [0.25, 0.3) is 5.91 Å². The standard InChI is InChI=1S/C17H17BrClN3O2/c1-17(24,11-4-5-11)9-21-16(23)15-14(22-13(18)8-20-15)10-2-6-12(19)7-3-10/h2-3,6-8,11,24H,4-5,9H2,1H3,(H,21,23)/t17-/m1/s1. The van der Waals surface area contributed by atoms with Crippen molar-refractivity contribution in [3.63, 3.8) is 0 Å². The van der Waals surface area contributed by atoms with Crippen LogP contribution in [0.2, 0.25) is 5.02 Å². The summed E-state index contributed by atoms with van der Waals surface area (Å²) in [7, 11) is 0. The van der Waals surface area contributed by atoms with E-state index in [0.717, 1.165) is 18.4 Å². The van der Waals surface area contributed by atoms with Gasteiger partial charge >= 0.3 is 0 Å². The summed E-state index contributed by atoms with van der Waals surface area (Å²) in [5, 5.41) is 13.7. The number of amides is 1. The number of benzene rings is 1. The van der Waals surface area contributed by atoms with E-state index in [4.69, 9.17) is 11.6 Å². The Hall–Kier alpha value is -1.50. The van der Waals surface area contributed by atoms with Crippen LogP contribution in [0.4, 0.5) is 0 Å². The highest BCUT2D eigenvalue weighted by atomic mass is 79.9. The zero-order valence-corrected chi connectivity index (χ0v) is 15.4. The van der Waals surface area contributed by atoms with E-state index in [2.05, 4.69) is 31.2 Å².